The van der Waals surface area contributed by atoms with Crippen LogP contribution in [0.15, 0.2) is 23.0 Å². The Labute approximate surface area is 188 Å². The van der Waals surface area contributed by atoms with Crippen molar-refractivity contribution in [3.63, 3.8) is 0 Å². The third-order valence-corrected chi connectivity index (χ3v) is 7.86. The molecule has 2 aliphatic carbocycles. The van der Waals surface area contributed by atoms with E-state index in [1.54, 1.807) is 4.52 Å². The van der Waals surface area contributed by atoms with Crippen LogP contribution in [0.25, 0.3) is 5.65 Å². The highest BCUT2D eigenvalue weighted by atomic mass is 16.2. The number of allylic oxidation sites excluding steroid dienone is 2. The maximum atomic E-state index is 13.4. The summed E-state index contributed by atoms with van der Waals surface area (Å²) >= 11 is 0. The SMILES string of the molecule is O=C(C1CC1)N1CCc2nc3cc(C4CCCCN4CC4CC=CCC4)[nH]n3c(=O)c2C1. The summed E-state index contributed by atoms with van der Waals surface area (Å²) in [4.78, 5) is 35.2. The molecule has 2 aromatic rings. The number of fused-ring (bicyclic) bond motifs is 2. The van der Waals surface area contributed by atoms with Gasteiger partial charge in [-0.2, -0.15) is 0 Å². The van der Waals surface area contributed by atoms with Crippen LogP contribution in [-0.4, -0.2) is 49.9 Å². The van der Waals surface area contributed by atoms with Crippen LogP contribution in [-0.2, 0) is 17.8 Å². The molecular weight excluding hydrogens is 402 g/mol. The van der Waals surface area contributed by atoms with Gasteiger partial charge in [0.05, 0.1) is 29.5 Å². The second-order valence-corrected chi connectivity index (χ2v) is 10.2. The zero-order chi connectivity index (χ0) is 21.7. The molecule has 2 unspecified atom stereocenters. The second-order valence-electron chi connectivity index (χ2n) is 10.2. The van der Waals surface area contributed by atoms with E-state index in [4.69, 9.17) is 4.98 Å². The number of aromatic nitrogens is 3. The van der Waals surface area contributed by atoms with E-state index in [0.29, 0.717) is 31.1 Å². The number of H-pyrrole nitrogens is 1. The van der Waals surface area contributed by atoms with Gasteiger partial charge < -0.3 is 4.90 Å². The lowest BCUT2D eigenvalue weighted by Crippen LogP contribution is -2.41. The van der Waals surface area contributed by atoms with Crippen molar-refractivity contribution in [3.05, 3.63) is 45.5 Å². The fourth-order valence-corrected chi connectivity index (χ4v) is 5.86. The molecule has 7 heteroatoms. The van der Waals surface area contributed by atoms with Crippen molar-refractivity contribution < 1.29 is 4.79 Å². The summed E-state index contributed by atoms with van der Waals surface area (Å²) in [5.41, 5.74) is 3.34. The van der Waals surface area contributed by atoms with Gasteiger partial charge in [-0.1, -0.05) is 18.6 Å². The lowest BCUT2D eigenvalue weighted by atomic mass is 9.91. The number of nitrogens with one attached hydrogen (secondary N) is 1. The van der Waals surface area contributed by atoms with E-state index in [0.717, 1.165) is 55.3 Å². The van der Waals surface area contributed by atoms with Crippen LogP contribution in [0.3, 0.4) is 0 Å². The molecule has 4 aliphatic rings. The predicted molar refractivity (Wildman–Crippen MR) is 122 cm³/mol. The number of carbonyl (C=O) groups excluding carboxylic acids is 1. The summed E-state index contributed by atoms with van der Waals surface area (Å²) in [6.45, 7) is 3.33. The first kappa shape index (κ1) is 20.2. The third kappa shape index (κ3) is 3.70. The molecule has 2 aromatic heterocycles. The van der Waals surface area contributed by atoms with Crippen LogP contribution in [0.1, 0.15) is 74.4 Å². The van der Waals surface area contributed by atoms with Gasteiger partial charge in [0.15, 0.2) is 5.65 Å². The number of amides is 1. The molecule has 4 heterocycles. The largest absolute Gasteiger partial charge is 0.337 e. The van der Waals surface area contributed by atoms with Gasteiger partial charge in [-0.3, -0.25) is 19.6 Å². The molecule has 1 saturated carbocycles. The van der Waals surface area contributed by atoms with Crippen molar-refractivity contribution in [2.24, 2.45) is 11.8 Å². The first-order valence-corrected chi connectivity index (χ1v) is 12.5. The first-order valence-electron chi connectivity index (χ1n) is 12.5. The zero-order valence-corrected chi connectivity index (χ0v) is 18.8. The fraction of sp³-hybridized carbons (Fsp3) is 0.640. The van der Waals surface area contributed by atoms with Crippen molar-refractivity contribution in [3.8, 4) is 0 Å². The third-order valence-electron chi connectivity index (χ3n) is 7.86. The maximum absolute atomic E-state index is 13.4. The smallest absolute Gasteiger partial charge is 0.277 e. The van der Waals surface area contributed by atoms with Gasteiger partial charge in [-0.05, 0) is 57.4 Å². The lowest BCUT2D eigenvalue weighted by Gasteiger charge is -2.37. The molecule has 1 saturated heterocycles. The molecule has 2 fully saturated rings. The van der Waals surface area contributed by atoms with Crippen LogP contribution in [0, 0.1) is 11.8 Å². The fourth-order valence-electron chi connectivity index (χ4n) is 5.86. The molecule has 32 heavy (non-hydrogen) atoms. The number of likely N-dealkylation sites (tertiary alicyclic amines) is 1. The Hall–Kier alpha value is -2.41. The van der Waals surface area contributed by atoms with Gasteiger partial charge in [-0.15, -0.1) is 0 Å². The Morgan fingerprint density at radius 2 is 2.03 bits per heavy atom. The zero-order valence-electron chi connectivity index (χ0n) is 18.8. The van der Waals surface area contributed by atoms with Crippen molar-refractivity contribution in [1.82, 2.24) is 24.4 Å². The number of nitrogens with zero attached hydrogens (tertiary/aromatic N) is 4. The van der Waals surface area contributed by atoms with Gasteiger partial charge in [0.2, 0.25) is 5.91 Å². The molecule has 0 radical (unpaired) electrons. The standard InChI is InChI=1S/C25H33N5O2/c31-24(18-9-10-18)29-13-11-20-19(16-29)25(32)30-23(26-20)14-21(27-30)22-8-4-5-12-28(22)15-17-6-2-1-3-7-17/h1-2,14,17-18,22,27H,3-13,15-16H2. The van der Waals surface area contributed by atoms with Crippen LogP contribution >= 0.6 is 0 Å². The van der Waals surface area contributed by atoms with E-state index >= 15 is 0 Å². The van der Waals surface area contributed by atoms with Crippen molar-refractivity contribution in [2.45, 2.75) is 70.4 Å². The Balaban J connectivity index is 1.28. The quantitative estimate of drug-likeness (QED) is 0.749. The second kappa shape index (κ2) is 8.18. The van der Waals surface area contributed by atoms with E-state index in [9.17, 15) is 9.59 Å². The van der Waals surface area contributed by atoms with Crippen molar-refractivity contribution in [1.29, 1.82) is 0 Å². The maximum Gasteiger partial charge on any atom is 0.277 e. The number of hydrogen-bond acceptors (Lipinski definition) is 4. The highest BCUT2D eigenvalue weighted by Gasteiger charge is 2.36. The molecular formula is C25H33N5O2. The monoisotopic (exact) mass is 435 g/mol. The number of aromatic amines is 1. The lowest BCUT2D eigenvalue weighted by molar-refractivity contribution is -0.133. The van der Waals surface area contributed by atoms with E-state index in [1.807, 2.05) is 4.90 Å². The summed E-state index contributed by atoms with van der Waals surface area (Å²) in [7, 11) is 0. The minimum absolute atomic E-state index is 0.0377. The molecule has 1 N–H and O–H groups in total. The summed E-state index contributed by atoms with van der Waals surface area (Å²) in [5.74, 6) is 1.13. The Bertz CT molecular complexity index is 1110. The van der Waals surface area contributed by atoms with E-state index in [-0.39, 0.29) is 17.4 Å². The van der Waals surface area contributed by atoms with E-state index in [2.05, 4.69) is 28.2 Å². The summed E-state index contributed by atoms with van der Waals surface area (Å²) < 4.78 is 1.62. The summed E-state index contributed by atoms with van der Waals surface area (Å²) in [5, 5.41) is 3.41. The van der Waals surface area contributed by atoms with Crippen molar-refractivity contribution >= 4 is 11.6 Å². The molecule has 6 rings (SSSR count). The van der Waals surface area contributed by atoms with Crippen molar-refractivity contribution in [2.75, 3.05) is 19.6 Å². The number of piperidine rings is 1. The Morgan fingerprint density at radius 3 is 2.84 bits per heavy atom. The highest BCUT2D eigenvalue weighted by Crippen LogP contribution is 2.34. The highest BCUT2D eigenvalue weighted by molar-refractivity contribution is 5.81. The van der Waals surface area contributed by atoms with Gasteiger partial charge in [0, 0.05) is 31.5 Å². The summed E-state index contributed by atoms with van der Waals surface area (Å²) in [6.07, 6.45) is 14.5. The molecule has 7 nitrogen and oxygen atoms in total. The predicted octanol–water partition coefficient (Wildman–Crippen LogP) is 3.20. The molecule has 0 spiro atoms. The van der Waals surface area contributed by atoms with Crippen LogP contribution in [0.2, 0.25) is 0 Å². The van der Waals surface area contributed by atoms with Gasteiger partial charge >= 0.3 is 0 Å². The minimum atomic E-state index is -0.0377. The molecule has 2 aliphatic heterocycles. The summed E-state index contributed by atoms with van der Waals surface area (Å²) in [6, 6.07) is 2.41. The van der Waals surface area contributed by atoms with Gasteiger partial charge in [0.1, 0.15) is 0 Å². The molecule has 0 aromatic carbocycles. The van der Waals surface area contributed by atoms with Crippen LogP contribution in [0.5, 0.6) is 0 Å². The Morgan fingerprint density at radius 1 is 1.12 bits per heavy atom. The van der Waals surface area contributed by atoms with Crippen LogP contribution < -0.4 is 5.56 Å². The van der Waals surface area contributed by atoms with E-state index in [1.165, 1.54) is 32.1 Å². The minimum Gasteiger partial charge on any atom is -0.337 e. The molecule has 170 valence electrons. The first-order chi connectivity index (χ1) is 15.7. The van der Waals surface area contributed by atoms with Gasteiger partial charge in [0.25, 0.3) is 5.56 Å². The average Bonchev–Trinajstić information content (AvgIpc) is 3.59. The number of rotatable bonds is 4. The molecule has 2 atom stereocenters. The Kier molecular flexibility index (Phi) is 5.17. The number of carbonyl (C=O) groups is 1. The van der Waals surface area contributed by atoms with Crippen LogP contribution in [0.4, 0.5) is 0 Å². The topological polar surface area (TPSA) is 73.7 Å². The molecule has 0 bridgehead atoms. The average molecular weight is 436 g/mol. The van der Waals surface area contributed by atoms with E-state index < -0.39 is 0 Å². The normalized spacial score (nSPS) is 26.4. The van der Waals surface area contributed by atoms with Gasteiger partial charge in [-0.25, -0.2) is 9.50 Å². The molecule has 1 amide bonds. The number of hydrogen-bond donors (Lipinski definition) is 1.